The summed E-state index contributed by atoms with van der Waals surface area (Å²) in [5.41, 5.74) is 5.42. The third-order valence-electron chi connectivity index (χ3n) is 4.63. The highest BCUT2D eigenvalue weighted by Gasteiger charge is 2.23. The molecule has 0 radical (unpaired) electrons. The summed E-state index contributed by atoms with van der Waals surface area (Å²) >= 11 is 0. The first-order valence-electron chi connectivity index (χ1n) is 9.06. The topological polar surface area (TPSA) is 119 Å². The predicted octanol–water partition coefficient (Wildman–Crippen LogP) is 2.93. The minimum Gasteiger partial charge on any atom is -0.382 e. The highest BCUT2D eigenvalue weighted by Crippen LogP contribution is 2.28. The van der Waals surface area contributed by atoms with Crippen molar-refractivity contribution in [3.8, 4) is 5.69 Å². The van der Waals surface area contributed by atoms with Gasteiger partial charge in [-0.3, -0.25) is 4.79 Å². The van der Waals surface area contributed by atoms with Crippen LogP contribution in [-0.2, 0) is 4.79 Å². The van der Waals surface area contributed by atoms with Crippen molar-refractivity contribution < 1.29 is 27.5 Å². The standard InChI is InChI=1S/C20H14F4N6O2/c1-8-16-17(19(25)27-7-26-16)30(29-8)15-6-12(23)14(5-13(15)24)28-20(32)18(31)9-2-10(21)4-11(22)3-9/h2-7,18,31H,1H3,(H,28,32)(H2,25,26,27)/t18-/m1/s1. The van der Waals surface area contributed by atoms with E-state index in [9.17, 15) is 27.5 Å². The monoisotopic (exact) mass is 446 g/mol. The number of benzene rings is 2. The number of rotatable bonds is 4. The van der Waals surface area contributed by atoms with Gasteiger partial charge in [-0.15, -0.1) is 0 Å². The van der Waals surface area contributed by atoms with Gasteiger partial charge in [0.05, 0.1) is 11.4 Å². The average molecular weight is 446 g/mol. The summed E-state index contributed by atoms with van der Waals surface area (Å²) in [6.45, 7) is 1.60. The van der Waals surface area contributed by atoms with E-state index in [4.69, 9.17) is 5.73 Å². The smallest absolute Gasteiger partial charge is 0.257 e. The Hall–Kier alpha value is -4.06. The second kappa shape index (κ2) is 7.89. The first-order chi connectivity index (χ1) is 15.2. The van der Waals surface area contributed by atoms with E-state index in [2.05, 4.69) is 15.1 Å². The zero-order valence-corrected chi connectivity index (χ0v) is 16.3. The third-order valence-corrected chi connectivity index (χ3v) is 4.63. The van der Waals surface area contributed by atoms with Crippen molar-refractivity contribution >= 4 is 28.4 Å². The maximum atomic E-state index is 14.8. The van der Waals surface area contributed by atoms with Crippen molar-refractivity contribution in [2.45, 2.75) is 13.0 Å². The molecule has 2 heterocycles. The van der Waals surface area contributed by atoms with Crippen molar-refractivity contribution in [1.29, 1.82) is 0 Å². The Morgan fingerprint density at radius 3 is 2.44 bits per heavy atom. The summed E-state index contributed by atoms with van der Waals surface area (Å²) in [4.78, 5) is 20.1. The third kappa shape index (κ3) is 3.71. The highest BCUT2D eigenvalue weighted by atomic mass is 19.1. The number of carbonyl (C=O) groups excluding carboxylic acids is 1. The van der Waals surface area contributed by atoms with Crippen LogP contribution in [0, 0.1) is 30.2 Å². The summed E-state index contributed by atoms with van der Waals surface area (Å²) < 4.78 is 57.2. The molecule has 0 unspecified atom stereocenters. The number of aryl methyl sites for hydroxylation is 1. The van der Waals surface area contributed by atoms with Crippen molar-refractivity contribution in [3.63, 3.8) is 0 Å². The average Bonchev–Trinajstić information content (AvgIpc) is 3.07. The molecule has 0 aliphatic carbocycles. The van der Waals surface area contributed by atoms with E-state index < -0.39 is 46.5 Å². The van der Waals surface area contributed by atoms with E-state index >= 15 is 0 Å². The van der Waals surface area contributed by atoms with Gasteiger partial charge in [-0.05, 0) is 24.6 Å². The highest BCUT2D eigenvalue weighted by molar-refractivity contribution is 5.95. The van der Waals surface area contributed by atoms with Gasteiger partial charge in [-0.1, -0.05) is 0 Å². The van der Waals surface area contributed by atoms with Gasteiger partial charge >= 0.3 is 0 Å². The maximum Gasteiger partial charge on any atom is 0.257 e. The van der Waals surface area contributed by atoms with Crippen LogP contribution in [0.1, 0.15) is 17.4 Å². The van der Waals surface area contributed by atoms with Gasteiger partial charge in [-0.25, -0.2) is 32.2 Å². The number of fused-ring (bicyclic) bond motifs is 1. The van der Waals surface area contributed by atoms with Crippen molar-refractivity contribution in [2.24, 2.45) is 0 Å². The van der Waals surface area contributed by atoms with E-state index in [1.165, 1.54) is 6.33 Å². The molecular weight excluding hydrogens is 432 g/mol. The molecule has 164 valence electrons. The molecule has 4 N–H and O–H groups in total. The number of aromatic nitrogens is 4. The molecular formula is C20H14F4N6O2. The molecule has 1 atom stereocenters. The molecule has 1 amide bonds. The quantitative estimate of drug-likeness (QED) is 0.415. The van der Waals surface area contributed by atoms with E-state index in [0.717, 1.165) is 22.9 Å². The molecule has 2 aromatic carbocycles. The van der Waals surface area contributed by atoms with Crippen LogP contribution in [0.2, 0.25) is 0 Å². The number of anilines is 2. The van der Waals surface area contributed by atoms with Crippen molar-refractivity contribution in [2.75, 3.05) is 11.1 Å². The molecule has 0 aliphatic rings. The molecule has 0 aliphatic heterocycles. The largest absolute Gasteiger partial charge is 0.382 e. The van der Waals surface area contributed by atoms with Crippen LogP contribution >= 0.6 is 0 Å². The number of nitrogen functional groups attached to an aromatic ring is 1. The molecule has 32 heavy (non-hydrogen) atoms. The summed E-state index contributed by atoms with van der Waals surface area (Å²) in [6, 6.07) is 3.47. The molecule has 2 aromatic heterocycles. The number of halogens is 4. The normalized spacial score (nSPS) is 12.2. The Labute approximate surface area is 177 Å². The Bertz CT molecular complexity index is 1350. The first kappa shape index (κ1) is 21.2. The van der Waals surface area contributed by atoms with Gasteiger partial charge in [0.1, 0.15) is 40.5 Å². The second-order valence-corrected chi connectivity index (χ2v) is 6.83. The number of aliphatic hydroxyl groups excluding tert-OH is 1. The summed E-state index contributed by atoms with van der Waals surface area (Å²) in [6.07, 6.45) is -0.820. The molecule has 0 saturated heterocycles. The number of hydrogen-bond acceptors (Lipinski definition) is 6. The van der Waals surface area contributed by atoms with Gasteiger partial charge in [0.15, 0.2) is 17.7 Å². The first-order valence-corrected chi connectivity index (χ1v) is 9.06. The van der Waals surface area contributed by atoms with E-state index in [0.29, 0.717) is 23.3 Å². The Balaban J connectivity index is 1.68. The maximum absolute atomic E-state index is 14.8. The number of amides is 1. The van der Waals surface area contributed by atoms with E-state index in [1.807, 2.05) is 5.32 Å². The minimum atomic E-state index is -2.03. The fourth-order valence-corrected chi connectivity index (χ4v) is 3.17. The van der Waals surface area contributed by atoms with Gasteiger partial charge in [0.2, 0.25) is 0 Å². The Morgan fingerprint density at radius 1 is 1.06 bits per heavy atom. The molecule has 0 fully saturated rings. The lowest BCUT2D eigenvalue weighted by Gasteiger charge is -2.14. The molecule has 4 rings (SSSR count). The second-order valence-electron chi connectivity index (χ2n) is 6.83. The Morgan fingerprint density at radius 2 is 1.75 bits per heavy atom. The zero-order chi connectivity index (χ0) is 23.2. The van der Waals surface area contributed by atoms with Crippen molar-refractivity contribution in [3.05, 3.63) is 71.2 Å². The van der Waals surface area contributed by atoms with E-state index in [1.54, 1.807) is 6.92 Å². The fourth-order valence-electron chi connectivity index (χ4n) is 3.17. The van der Waals surface area contributed by atoms with Crippen molar-refractivity contribution in [1.82, 2.24) is 19.7 Å². The lowest BCUT2D eigenvalue weighted by Crippen LogP contribution is -2.22. The van der Waals surface area contributed by atoms with Crippen LogP contribution in [0.3, 0.4) is 0 Å². The minimum absolute atomic E-state index is 0.00163. The number of carbonyl (C=O) groups is 1. The summed E-state index contributed by atoms with van der Waals surface area (Å²) in [5.74, 6) is -5.31. The summed E-state index contributed by atoms with van der Waals surface area (Å²) in [7, 11) is 0. The Kier molecular flexibility index (Phi) is 5.22. The fraction of sp³-hybridized carbons (Fsp3) is 0.100. The van der Waals surface area contributed by atoms with Crippen LogP contribution in [0.5, 0.6) is 0 Å². The lowest BCUT2D eigenvalue weighted by molar-refractivity contribution is -0.124. The number of hydrogen-bond donors (Lipinski definition) is 3. The lowest BCUT2D eigenvalue weighted by atomic mass is 10.1. The van der Waals surface area contributed by atoms with Crippen LogP contribution in [0.25, 0.3) is 16.7 Å². The predicted molar refractivity (Wildman–Crippen MR) is 106 cm³/mol. The number of nitrogens with two attached hydrogens (primary N) is 1. The number of nitrogens with one attached hydrogen (secondary N) is 1. The molecule has 0 bridgehead atoms. The van der Waals surface area contributed by atoms with Gasteiger partial charge in [-0.2, -0.15) is 5.10 Å². The molecule has 0 saturated carbocycles. The van der Waals surface area contributed by atoms with Gasteiger partial charge in [0.25, 0.3) is 5.91 Å². The number of aliphatic hydroxyl groups is 1. The van der Waals surface area contributed by atoms with Gasteiger partial charge in [0, 0.05) is 18.2 Å². The zero-order valence-electron chi connectivity index (χ0n) is 16.3. The van der Waals surface area contributed by atoms with E-state index in [-0.39, 0.29) is 17.0 Å². The summed E-state index contributed by atoms with van der Waals surface area (Å²) in [5, 5.41) is 16.2. The van der Waals surface area contributed by atoms with Crippen LogP contribution < -0.4 is 11.1 Å². The molecule has 0 spiro atoms. The van der Waals surface area contributed by atoms with Gasteiger partial charge < -0.3 is 16.2 Å². The van der Waals surface area contributed by atoms with Crippen LogP contribution in [-0.4, -0.2) is 30.8 Å². The molecule has 8 nitrogen and oxygen atoms in total. The molecule has 12 heteroatoms. The SMILES string of the molecule is Cc1nn(-c2cc(F)c(NC(=O)[C@H](O)c3cc(F)cc(F)c3)cc2F)c2c(N)ncnc12. The van der Waals surface area contributed by atoms with Crippen LogP contribution in [0.15, 0.2) is 36.7 Å². The number of nitrogens with zero attached hydrogens (tertiary/aromatic N) is 4. The molecule has 4 aromatic rings. The van der Waals surface area contributed by atoms with Crippen LogP contribution in [0.4, 0.5) is 29.1 Å².